The van der Waals surface area contributed by atoms with Crippen LogP contribution in [0.3, 0.4) is 0 Å². The number of furan rings is 1. The number of aryl methyl sites for hydroxylation is 1. The van der Waals surface area contributed by atoms with Crippen molar-refractivity contribution in [1.29, 1.82) is 0 Å². The van der Waals surface area contributed by atoms with Gasteiger partial charge in [-0.1, -0.05) is 13.0 Å². The minimum Gasteiger partial charge on any atom is -0.463 e. The zero-order chi connectivity index (χ0) is 13.0. The van der Waals surface area contributed by atoms with Gasteiger partial charge in [-0.25, -0.2) is 4.79 Å². The number of benzene rings is 1. The number of hydrogen-bond donors (Lipinski definition) is 0. The summed E-state index contributed by atoms with van der Waals surface area (Å²) in [6.45, 7) is 4.27. The van der Waals surface area contributed by atoms with E-state index in [1.165, 1.54) is 11.6 Å². The Balaban J connectivity index is 2.22. The first-order chi connectivity index (χ1) is 8.72. The summed E-state index contributed by atoms with van der Waals surface area (Å²) in [5, 5.41) is 1.05. The highest BCUT2D eigenvalue weighted by Gasteiger charge is 2.02. The predicted octanol–water partition coefficient (Wildman–Crippen LogP) is 3.57. The van der Waals surface area contributed by atoms with Crippen molar-refractivity contribution in [1.82, 2.24) is 0 Å². The molecule has 0 amide bonds. The zero-order valence-corrected chi connectivity index (χ0v) is 10.6. The molecule has 2 rings (SSSR count). The molecule has 0 fully saturated rings. The van der Waals surface area contributed by atoms with Crippen LogP contribution in [-0.4, -0.2) is 12.6 Å². The van der Waals surface area contributed by atoms with E-state index in [0.717, 1.165) is 17.4 Å². The monoisotopic (exact) mass is 244 g/mol. The Labute approximate surface area is 106 Å². The largest absolute Gasteiger partial charge is 0.463 e. The number of fused-ring (bicyclic) bond motifs is 1. The summed E-state index contributed by atoms with van der Waals surface area (Å²) in [5.41, 5.74) is 2.10. The van der Waals surface area contributed by atoms with Gasteiger partial charge in [0.25, 0.3) is 0 Å². The maximum absolute atomic E-state index is 11.2. The Bertz CT molecular complexity index is 578. The van der Waals surface area contributed by atoms with Crippen LogP contribution >= 0.6 is 0 Å². The van der Waals surface area contributed by atoms with E-state index in [0.29, 0.717) is 12.4 Å². The van der Waals surface area contributed by atoms with Crippen LogP contribution in [0.15, 0.2) is 34.8 Å². The molecule has 2 aromatic rings. The Morgan fingerprint density at radius 2 is 2.17 bits per heavy atom. The van der Waals surface area contributed by atoms with Gasteiger partial charge in [-0.3, -0.25) is 0 Å². The van der Waals surface area contributed by atoms with E-state index in [1.807, 2.05) is 18.2 Å². The molecule has 0 saturated heterocycles. The van der Waals surface area contributed by atoms with Gasteiger partial charge in [0, 0.05) is 11.5 Å². The summed E-state index contributed by atoms with van der Waals surface area (Å²) < 4.78 is 10.4. The van der Waals surface area contributed by atoms with E-state index in [9.17, 15) is 4.79 Å². The van der Waals surface area contributed by atoms with Gasteiger partial charge in [-0.15, -0.1) is 0 Å². The fourth-order valence-electron chi connectivity index (χ4n) is 1.76. The van der Waals surface area contributed by atoms with Crippen molar-refractivity contribution < 1.29 is 13.9 Å². The highest BCUT2D eigenvalue weighted by molar-refractivity contribution is 5.88. The van der Waals surface area contributed by atoms with Crippen LogP contribution in [0, 0.1) is 0 Å². The SMILES string of the molecule is CCOC(=O)C=Cc1cc2cc(CC)ccc2o1. The number of ether oxygens (including phenoxy) is 1. The van der Waals surface area contributed by atoms with E-state index < -0.39 is 0 Å². The molecule has 3 heteroatoms. The fourth-order valence-corrected chi connectivity index (χ4v) is 1.76. The summed E-state index contributed by atoms with van der Waals surface area (Å²) in [7, 11) is 0. The summed E-state index contributed by atoms with van der Waals surface area (Å²) in [6.07, 6.45) is 4.00. The molecule has 0 unspecified atom stereocenters. The molecule has 18 heavy (non-hydrogen) atoms. The second-order valence-electron chi connectivity index (χ2n) is 3.96. The molecule has 0 aliphatic carbocycles. The molecule has 1 aromatic heterocycles. The molecule has 0 N–H and O–H groups in total. The van der Waals surface area contributed by atoms with Crippen molar-refractivity contribution in [3.8, 4) is 0 Å². The summed E-state index contributed by atoms with van der Waals surface area (Å²) >= 11 is 0. The molecule has 0 bridgehead atoms. The van der Waals surface area contributed by atoms with E-state index >= 15 is 0 Å². The highest BCUT2D eigenvalue weighted by Crippen LogP contribution is 2.21. The van der Waals surface area contributed by atoms with Gasteiger partial charge in [0.2, 0.25) is 0 Å². The zero-order valence-electron chi connectivity index (χ0n) is 10.6. The van der Waals surface area contributed by atoms with E-state index in [1.54, 1.807) is 13.0 Å². The third-order valence-electron chi connectivity index (χ3n) is 2.68. The average molecular weight is 244 g/mol. The van der Waals surface area contributed by atoms with Crippen molar-refractivity contribution in [3.63, 3.8) is 0 Å². The standard InChI is InChI=1S/C15H16O3/c1-3-11-5-7-14-12(9-11)10-13(18-14)6-8-15(16)17-4-2/h5-10H,3-4H2,1-2H3. The second kappa shape index (κ2) is 5.54. The number of carbonyl (C=O) groups excluding carboxylic acids is 1. The summed E-state index contributed by atoms with van der Waals surface area (Å²) in [6, 6.07) is 8.02. The van der Waals surface area contributed by atoms with Crippen LogP contribution < -0.4 is 0 Å². The lowest BCUT2D eigenvalue weighted by molar-refractivity contribution is -0.137. The molecular formula is C15H16O3. The average Bonchev–Trinajstić information content (AvgIpc) is 2.78. The first kappa shape index (κ1) is 12.4. The maximum Gasteiger partial charge on any atom is 0.330 e. The van der Waals surface area contributed by atoms with Crippen LogP contribution in [0.25, 0.3) is 17.0 Å². The van der Waals surface area contributed by atoms with Crippen LogP contribution in [0.2, 0.25) is 0 Å². The van der Waals surface area contributed by atoms with Crippen LogP contribution in [0.4, 0.5) is 0 Å². The summed E-state index contributed by atoms with van der Waals surface area (Å²) in [4.78, 5) is 11.2. The van der Waals surface area contributed by atoms with Gasteiger partial charge in [-0.2, -0.15) is 0 Å². The minimum atomic E-state index is -0.354. The molecule has 0 atom stereocenters. The molecule has 0 radical (unpaired) electrons. The number of esters is 1. The first-order valence-corrected chi connectivity index (χ1v) is 6.10. The summed E-state index contributed by atoms with van der Waals surface area (Å²) in [5.74, 6) is 0.304. The molecule has 1 aromatic carbocycles. The number of rotatable bonds is 4. The maximum atomic E-state index is 11.2. The third-order valence-corrected chi connectivity index (χ3v) is 2.68. The van der Waals surface area contributed by atoms with Crippen molar-refractivity contribution in [2.45, 2.75) is 20.3 Å². The molecule has 0 aliphatic rings. The number of carbonyl (C=O) groups is 1. The topological polar surface area (TPSA) is 39.4 Å². The van der Waals surface area contributed by atoms with Gasteiger partial charge >= 0.3 is 5.97 Å². The van der Waals surface area contributed by atoms with Crippen molar-refractivity contribution in [2.24, 2.45) is 0 Å². The molecule has 0 spiro atoms. The molecule has 94 valence electrons. The molecule has 0 aliphatic heterocycles. The minimum absolute atomic E-state index is 0.354. The fraction of sp³-hybridized carbons (Fsp3) is 0.267. The Morgan fingerprint density at radius 1 is 1.33 bits per heavy atom. The Kier molecular flexibility index (Phi) is 3.82. The number of hydrogen-bond acceptors (Lipinski definition) is 3. The Morgan fingerprint density at radius 3 is 2.89 bits per heavy atom. The first-order valence-electron chi connectivity index (χ1n) is 6.10. The van der Waals surface area contributed by atoms with Gasteiger partial charge < -0.3 is 9.15 Å². The van der Waals surface area contributed by atoms with Crippen molar-refractivity contribution in [2.75, 3.05) is 6.61 Å². The van der Waals surface area contributed by atoms with Crippen LogP contribution in [0.1, 0.15) is 25.2 Å². The molecule has 0 saturated carbocycles. The molecule has 3 nitrogen and oxygen atoms in total. The van der Waals surface area contributed by atoms with E-state index in [2.05, 4.69) is 13.0 Å². The van der Waals surface area contributed by atoms with Crippen LogP contribution in [0.5, 0.6) is 0 Å². The van der Waals surface area contributed by atoms with Gasteiger partial charge in [0.15, 0.2) is 0 Å². The Hall–Kier alpha value is -2.03. The van der Waals surface area contributed by atoms with Crippen molar-refractivity contribution >= 4 is 23.0 Å². The molecular weight excluding hydrogens is 228 g/mol. The quantitative estimate of drug-likeness (QED) is 0.609. The van der Waals surface area contributed by atoms with E-state index in [4.69, 9.17) is 9.15 Å². The van der Waals surface area contributed by atoms with Crippen molar-refractivity contribution in [3.05, 3.63) is 41.7 Å². The smallest absolute Gasteiger partial charge is 0.330 e. The lowest BCUT2D eigenvalue weighted by Gasteiger charge is -1.93. The highest BCUT2D eigenvalue weighted by atomic mass is 16.5. The lowest BCUT2D eigenvalue weighted by atomic mass is 10.1. The molecule has 1 heterocycles. The van der Waals surface area contributed by atoms with E-state index in [-0.39, 0.29) is 5.97 Å². The van der Waals surface area contributed by atoms with Gasteiger partial charge in [0.05, 0.1) is 6.61 Å². The second-order valence-corrected chi connectivity index (χ2v) is 3.96. The van der Waals surface area contributed by atoms with Gasteiger partial charge in [-0.05, 0) is 43.2 Å². The van der Waals surface area contributed by atoms with Crippen LogP contribution in [-0.2, 0) is 16.0 Å². The lowest BCUT2D eigenvalue weighted by Crippen LogP contribution is -1.98. The van der Waals surface area contributed by atoms with Gasteiger partial charge in [0.1, 0.15) is 11.3 Å². The normalized spacial score (nSPS) is 11.2. The third kappa shape index (κ3) is 2.80. The predicted molar refractivity (Wildman–Crippen MR) is 71.3 cm³/mol.